The number of aliphatic imine (C=N–C) groups is 1. The highest BCUT2D eigenvalue weighted by molar-refractivity contribution is 7.10. The quantitative estimate of drug-likeness (QED) is 0.610. The van der Waals surface area contributed by atoms with Gasteiger partial charge >= 0.3 is 0 Å². The standard InChI is InChI=1S/C20H34N4OS/c1-16-6-9-23(10-7-16)18(19-5-4-12-26-19)13-22-20(21-2)24-11-8-17(14-24)15-25-3/h4-5,12,16-18H,6-11,13-15H2,1-3H3,(H,21,22). The summed E-state index contributed by atoms with van der Waals surface area (Å²) in [5.41, 5.74) is 0. The summed E-state index contributed by atoms with van der Waals surface area (Å²) in [4.78, 5) is 11.0. The average Bonchev–Trinajstić information content (AvgIpc) is 3.33. The second-order valence-corrected chi connectivity index (χ2v) is 8.71. The smallest absolute Gasteiger partial charge is 0.193 e. The molecule has 2 saturated heterocycles. The second-order valence-electron chi connectivity index (χ2n) is 7.73. The number of nitrogens with zero attached hydrogens (tertiary/aromatic N) is 3. The van der Waals surface area contributed by atoms with E-state index in [4.69, 9.17) is 4.74 Å². The van der Waals surface area contributed by atoms with Crippen LogP contribution in [0.4, 0.5) is 0 Å². The molecule has 0 aliphatic carbocycles. The van der Waals surface area contributed by atoms with Crippen LogP contribution in [0, 0.1) is 11.8 Å². The number of hydrogen-bond acceptors (Lipinski definition) is 4. The molecule has 2 unspecified atom stereocenters. The summed E-state index contributed by atoms with van der Waals surface area (Å²) in [5.74, 6) is 2.52. The molecule has 5 nitrogen and oxygen atoms in total. The summed E-state index contributed by atoms with van der Waals surface area (Å²) < 4.78 is 5.33. The second kappa shape index (κ2) is 9.72. The molecule has 1 aromatic heterocycles. The average molecular weight is 379 g/mol. The van der Waals surface area contributed by atoms with Crippen LogP contribution >= 0.6 is 11.3 Å². The lowest BCUT2D eigenvalue weighted by Crippen LogP contribution is -2.46. The van der Waals surface area contributed by atoms with Gasteiger partial charge in [0.2, 0.25) is 0 Å². The number of methoxy groups -OCH3 is 1. The Morgan fingerprint density at radius 2 is 2.15 bits per heavy atom. The number of thiophene rings is 1. The van der Waals surface area contributed by atoms with E-state index in [9.17, 15) is 0 Å². The summed E-state index contributed by atoms with van der Waals surface area (Å²) in [7, 11) is 3.69. The first-order valence-corrected chi connectivity index (χ1v) is 10.8. The van der Waals surface area contributed by atoms with Crippen LogP contribution in [0.1, 0.15) is 37.1 Å². The predicted octanol–water partition coefficient (Wildman–Crippen LogP) is 3.06. The Morgan fingerprint density at radius 3 is 2.81 bits per heavy atom. The molecule has 2 atom stereocenters. The van der Waals surface area contributed by atoms with E-state index in [0.717, 1.165) is 38.1 Å². The molecule has 0 amide bonds. The lowest BCUT2D eigenvalue weighted by atomic mass is 9.97. The summed E-state index contributed by atoms with van der Waals surface area (Å²) in [6, 6.07) is 4.89. The van der Waals surface area contributed by atoms with Crippen LogP contribution in [0.5, 0.6) is 0 Å². The van der Waals surface area contributed by atoms with Gasteiger partial charge < -0.3 is 15.0 Å². The van der Waals surface area contributed by atoms with Gasteiger partial charge in [0.15, 0.2) is 5.96 Å². The van der Waals surface area contributed by atoms with Gasteiger partial charge in [0.05, 0.1) is 12.6 Å². The molecule has 26 heavy (non-hydrogen) atoms. The zero-order chi connectivity index (χ0) is 18.4. The first-order chi connectivity index (χ1) is 12.7. The molecule has 3 heterocycles. The van der Waals surface area contributed by atoms with Gasteiger partial charge in [0.25, 0.3) is 0 Å². The van der Waals surface area contributed by atoms with Crippen molar-refractivity contribution in [2.75, 3.05) is 53.5 Å². The lowest BCUT2D eigenvalue weighted by Gasteiger charge is -2.37. The first-order valence-electron chi connectivity index (χ1n) is 9.93. The van der Waals surface area contributed by atoms with Crippen LogP contribution in [-0.4, -0.2) is 69.2 Å². The molecule has 0 saturated carbocycles. The molecule has 0 spiro atoms. The van der Waals surface area contributed by atoms with Crippen molar-refractivity contribution in [3.8, 4) is 0 Å². The lowest BCUT2D eigenvalue weighted by molar-refractivity contribution is 0.139. The van der Waals surface area contributed by atoms with Gasteiger partial charge in [-0.1, -0.05) is 13.0 Å². The van der Waals surface area contributed by atoms with E-state index in [1.165, 1.54) is 37.2 Å². The Kier molecular flexibility index (Phi) is 7.34. The zero-order valence-electron chi connectivity index (χ0n) is 16.5. The molecule has 0 radical (unpaired) electrons. The van der Waals surface area contributed by atoms with Crippen molar-refractivity contribution in [3.05, 3.63) is 22.4 Å². The topological polar surface area (TPSA) is 40.1 Å². The van der Waals surface area contributed by atoms with Gasteiger partial charge in [-0.05, 0) is 49.7 Å². The Bertz CT molecular complexity index is 554. The minimum absolute atomic E-state index is 0.441. The maximum Gasteiger partial charge on any atom is 0.193 e. The van der Waals surface area contributed by atoms with E-state index in [1.807, 2.05) is 18.4 Å². The Balaban J connectivity index is 1.60. The summed E-state index contributed by atoms with van der Waals surface area (Å²) in [6.45, 7) is 8.65. The minimum atomic E-state index is 0.441. The highest BCUT2D eigenvalue weighted by Gasteiger charge is 2.28. The molecule has 6 heteroatoms. The fourth-order valence-corrected chi connectivity index (χ4v) is 5.01. The van der Waals surface area contributed by atoms with E-state index in [1.54, 1.807) is 7.11 Å². The highest BCUT2D eigenvalue weighted by atomic mass is 32.1. The molecule has 0 aromatic carbocycles. The summed E-state index contributed by atoms with van der Waals surface area (Å²) in [5, 5.41) is 5.87. The maximum atomic E-state index is 5.33. The fourth-order valence-electron chi connectivity index (χ4n) is 4.15. The van der Waals surface area contributed by atoms with Crippen LogP contribution < -0.4 is 5.32 Å². The van der Waals surface area contributed by atoms with Crippen LogP contribution in [0.2, 0.25) is 0 Å². The van der Waals surface area contributed by atoms with Crippen LogP contribution in [0.25, 0.3) is 0 Å². The molecule has 0 bridgehead atoms. The monoisotopic (exact) mass is 378 g/mol. The van der Waals surface area contributed by atoms with E-state index in [-0.39, 0.29) is 0 Å². The molecule has 3 rings (SSSR count). The normalized spacial score (nSPS) is 24.2. The van der Waals surface area contributed by atoms with Crippen LogP contribution in [-0.2, 0) is 4.74 Å². The van der Waals surface area contributed by atoms with Crippen LogP contribution in [0.3, 0.4) is 0 Å². The highest BCUT2D eigenvalue weighted by Crippen LogP contribution is 2.29. The number of ether oxygens (including phenoxy) is 1. The predicted molar refractivity (Wildman–Crippen MR) is 110 cm³/mol. The van der Waals surface area contributed by atoms with Gasteiger partial charge in [-0.15, -0.1) is 11.3 Å². The Hall–Kier alpha value is -1.11. The van der Waals surface area contributed by atoms with Gasteiger partial charge in [-0.3, -0.25) is 9.89 Å². The van der Waals surface area contributed by atoms with E-state index < -0.39 is 0 Å². The van der Waals surface area contributed by atoms with Crippen LogP contribution in [0.15, 0.2) is 22.5 Å². The third-order valence-electron chi connectivity index (χ3n) is 5.78. The number of piperidine rings is 1. The van der Waals surface area contributed by atoms with Crippen molar-refractivity contribution in [3.63, 3.8) is 0 Å². The van der Waals surface area contributed by atoms with Gasteiger partial charge in [0.1, 0.15) is 0 Å². The van der Waals surface area contributed by atoms with Gasteiger partial charge in [0, 0.05) is 44.6 Å². The van der Waals surface area contributed by atoms with E-state index in [2.05, 4.69) is 44.5 Å². The van der Waals surface area contributed by atoms with Crippen molar-refractivity contribution in [1.82, 2.24) is 15.1 Å². The first kappa shape index (κ1) is 19.6. The largest absolute Gasteiger partial charge is 0.384 e. The molecule has 1 N–H and O–H groups in total. The summed E-state index contributed by atoms with van der Waals surface area (Å²) >= 11 is 1.87. The third kappa shape index (κ3) is 4.99. The molecule has 2 fully saturated rings. The maximum absolute atomic E-state index is 5.33. The molecule has 2 aliphatic heterocycles. The third-order valence-corrected chi connectivity index (χ3v) is 6.76. The van der Waals surface area contributed by atoms with Crippen molar-refractivity contribution >= 4 is 17.3 Å². The number of hydrogen-bond donors (Lipinski definition) is 1. The number of nitrogens with one attached hydrogen (secondary N) is 1. The zero-order valence-corrected chi connectivity index (χ0v) is 17.3. The summed E-state index contributed by atoms with van der Waals surface area (Å²) in [6.07, 6.45) is 3.80. The minimum Gasteiger partial charge on any atom is -0.384 e. The fraction of sp³-hybridized carbons (Fsp3) is 0.750. The van der Waals surface area contributed by atoms with Crippen molar-refractivity contribution in [2.45, 2.75) is 32.2 Å². The van der Waals surface area contributed by atoms with Gasteiger partial charge in [-0.2, -0.15) is 0 Å². The molecule has 146 valence electrons. The Labute approximate surface area is 162 Å². The number of guanidine groups is 1. The van der Waals surface area contributed by atoms with E-state index in [0.29, 0.717) is 12.0 Å². The van der Waals surface area contributed by atoms with Gasteiger partial charge in [-0.25, -0.2) is 0 Å². The number of rotatable bonds is 6. The molecule has 2 aliphatic rings. The molecule has 1 aromatic rings. The number of likely N-dealkylation sites (tertiary alicyclic amines) is 2. The van der Waals surface area contributed by atoms with Crippen molar-refractivity contribution in [2.24, 2.45) is 16.8 Å². The SMILES string of the molecule is CN=C(NCC(c1cccs1)N1CCC(C)CC1)N1CCC(COC)C1. The van der Waals surface area contributed by atoms with Crippen molar-refractivity contribution in [1.29, 1.82) is 0 Å². The van der Waals surface area contributed by atoms with Crippen molar-refractivity contribution < 1.29 is 4.74 Å². The Morgan fingerprint density at radius 1 is 1.35 bits per heavy atom. The van der Waals surface area contributed by atoms with E-state index >= 15 is 0 Å². The molecular formula is C20H34N4OS. The molecular weight excluding hydrogens is 344 g/mol.